The molecule has 0 aromatic heterocycles. The Labute approximate surface area is 45.4 Å². The summed E-state index contributed by atoms with van der Waals surface area (Å²) in [4.78, 5) is 19.2. The lowest BCUT2D eigenvalue weighted by Crippen LogP contribution is -2.17. The standard InChI is InChI=1S/C4H4FO3/c1-8-4(7)3(5)2-6/h3H,1H3. The fourth-order valence-electron chi connectivity index (χ4n) is 0.152. The van der Waals surface area contributed by atoms with Crippen LogP contribution in [0.4, 0.5) is 4.39 Å². The maximum atomic E-state index is 11.6. The van der Waals surface area contributed by atoms with Gasteiger partial charge in [0.25, 0.3) is 6.17 Å². The van der Waals surface area contributed by atoms with Crippen molar-refractivity contribution in [3.8, 4) is 0 Å². The molecule has 0 saturated heterocycles. The Morgan fingerprint density at radius 2 is 2.38 bits per heavy atom. The molecule has 3 nitrogen and oxygen atoms in total. The number of carbonyl (C=O) groups is 1. The fraction of sp³-hybridized carbons (Fsp3) is 0.500. The van der Waals surface area contributed by atoms with Crippen molar-refractivity contribution < 1.29 is 18.7 Å². The Hall–Kier alpha value is -0.930. The lowest BCUT2D eigenvalue weighted by atomic mass is 10.4. The Morgan fingerprint density at radius 1 is 1.88 bits per heavy atom. The highest BCUT2D eigenvalue weighted by atomic mass is 19.1. The van der Waals surface area contributed by atoms with Crippen LogP contribution in [0.2, 0.25) is 0 Å². The average Bonchev–Trinajstić information content (AvgIpc) is 1.84. The molecular formula is C4H4FO3. The summed E-state index contributed by atoms with van der Waals surface area (Å²) in [5.74, 6) is -1.21. The first-order valence-electron chi connectivity index (χ1n) is 1.82. The molecule has 0 aliphatic carbocycles. The number of esters is 1. The number of rotatable bonds is 2. The van der Waals surface area contributed by atoms with Crippen molar-refractivity contribution in [2.45, 2.75) is 6.17 Å². The van der Waals surface area contributed by atoms with Gasteiger partial charge in [-0.05, 0) is 0 Å². The van der Waals surface area contributed by atoms with Gasteiger partial charge in [0.05, 0.1) is 7.11 Å². The lowest BCUT2D eigenvalue weighted by Gasteiger charge is -1.93. The van der Waals surface area contributed by atoms with Crippen molar-refractivity contribution in [3.05, 3.63) is 0 Å². The second-order valence-corrected chi connectivity index (χ2v) is 1.00. The molecule has 0 aliphatic heterocycles. The Kier molecular flexibility index (Phi) is 2.76. The van der Waals surface area contributed by atoms with E-state index in [0.29, 0.717) is 0 Å². The van der Waals surface area contributed by atoms with E-state index in [1.165, 1.54) is 0 Å². The van der Waals surface area contributed by atoms with Crippen LogP contribution in [0.1, 0.15) is 0 Å². The molecule has 0 fully saturated rings. The average molecular weight is 119 g/mol. The molecule has 0 spiro atoms. The highest BCUT2D eigenvalue weighted by molar-refractivity contribution is 5.90. The molecule has 0 aromatic rings. The van der Waals surface area contributed by atoms with Crippen molar-refractivity contribution in [2.75, 3.05) is 7.11 Å². The fourth-order valence-corrected chi connectivity index (χ4v) is 0.152. The smallest absolute Gasteiger partial charge is 0.348 e. The van der Waals surface area contributed by atoms with Crippen molar-refractivity contribution in [1.29, 1.82) is 0 Å². The summed E-state index contributed by atoms with van der Waals surface area (Å²) in [6.07, 6.45) is -1.43. The second kappa shape index (κ2) is 3.12. The van der Waals surface area contributed by atoms with Crippen LogP contribution in [-0.4, -0.2) is 25.5 Å². The third-order valence-electron chi connectivity index (χ3n) is 0.512. The quantitative estimate of drug-likeness (QED) is 0.367. The highest BCUT2D eigenvalue weighted by Crippen LogP contribution is 1.86. The maximum absolute atomic E-state index is 11.6. The first-order valence-corrected chi connectivity index (χ1v) is 1.82. The first-order chi connectivity index (χ1) is 3.72. The monoisotopic (exact) mass is 119 g/mol. The first kappa shape index (κ1) is 7.07. The van der Waals surface area contributed by atoms with Crippen LogP contribution in [0.3, 0.4) is 0 Å². The number of ether oxygens (including phenoxy) is 1. The van der Waals surface area contributed by atoms with E-state index in [4.69, 9.17) is 0 Å². The number of hydrogen-bond acceptors (Lipinski definition) is 3. The van der Waals surface area contributed by atoms with Crippen molar-refractivity contribution >= 4 is 12.3 Å². The summed E-state index contributed by atoms with van der Waals surface area (Å²) in [6, 6.07) is 0. The van der Waals surface area contributed by atoms with Crippen LogP contribution in [0, 0.1) is 0 Å². The molecule has 0 aliphatic rings. The van der Waals surface area contributed by atoms with E-state index in [0.717, 1.165) is 13.4 Å². The minimum absolute atomic E-state index is 0.824. The summed E-state index contributed by atoms with van der Waals surface area (Å²) in [5.41, 5.74) is 0. The summed E-state index contributed by atoms with van der Waals surface area (Å²) < 4.78 is 15.5. The molecule has 0 rings (SSSR count). The zero-order valence-corrected chi connectivity index (χ0v) is 4.18. The van der Waals surface area contributed by atoms with E-state index in [2.05, 4.69) is 4.74 Å². The third kappa shape index (κ3) is 1.68. The van der Waals surface area contributed by atoms with E-state index in [9.17, 15) is 14.0 Å². The van der Waals surface area contributed by atoms with Crippen molar-refractivity contribution in [3.63, 3.8) is 0 Å². The van der Waals surface area contributed by atoms with E-state index < -0.39 is 12.1 Å². The van der Waals surface area contributed by atoms with Gasteiger partial charge in [-0.2, -0.15) is 0 Å². The zero-order chi connectivity index (χ0) is 6.57. The molecule has 0 N–H and O–H groups in total. The minimum Gasteiger partial charge on any atom is -0.467 e. The van der Waals surface area contributed by atoms with Gasteiger partial charge in [0.2, 0.25) is 6.29 Å². The van der Waals surface area contributed by atoms with Gasteiger partial charge in [0.1, 0.15) is 0 Å². The number of alkyl halides is 1. The van der Waals surface area contributed by atoms with Gasteiger partial charge >= 0.3 is 5.97 Å². The molecule has 0 saturated carbocycles. The Bertz CT molecular complexity index is 101. The molecule has 1 radical (unpaired) electrons. The van der Waals surface area contributed by atoms with E-state index in [-0.39, 0.29) is 0 Å². The van der Waals surface area contributed by atoms with Gasteiger partial charge in [-0.1, -0.05) is 0 Å². The Balaban J connectivity index is 3.62. The highest BCUT2D eigenvalue weighted by Gasteiger charge is 2.16. The summed E-state index contributed by atoms with van der Waals surface area (Å²) in [6.45, 7) is 0. The van der Waals surface area contributed by atoms with Gasteiger partial charge < -0.3 is 4.74 Å². The molecule has 1 unspecified atom stereocenters. The minimum atomic E-state index is -2.25. The molecule has 0 aromatic carbocycles. The van der Waals surface area contributed by atoms with Crippen LogP contribution in [0.25, 0.3) is 0 Å². The number of halogens is 1. The van der Waals surface area contributed by atoms with Crippen molar-refractivity contribution in [2.24, 2.45) is 0 Å². The largest absolute Gasteiger partial charge is 0.467 e. The van der Waals surface area contributed by atoms with Gasteiger partial charge in [0.15, 0.2) is 0 Å². The molecular weight excluding hydrogens is 115 g/mol. The van der Waals surface area contributed by atoms with Crippen LogP contribution >= 0.6 is 0 Å². The summed E-state index contributed by atoms with van der Waals surface area (Å²) in [5, 5.41) is 0. The van der Waals surface area contributed by atoms with E-state index in [1.54, 1.807) is 0 Å². The second-order valence-electron chi connectivity index (χ2n) is 1.00. The topological polar surface area (TPSA) is 43.4 Å². The summed E-state index contributed by atoms with van der Waals surface area (Å²) >= 11 is 0. The van der Waals surface area contributed by atoms with Gasteiger partial charge in [-0.15, -0.1) is 0 Å². The predicted octanol–water partition coefficient (Wildman–Crippen LogP) is -0.393. The van der Waals surface area contributed by atoms with Gasteiger partial charge in [0, 0.05) is 0 Å². The SMILES string of the molecule is COC(=O)C(F)[C]=O. The lowest BCUT2D eigenvalue weighted by molar-refractivity contribution is -0.143. The zero-order valence-electron chi connectivity index (χ0n) is 4.18. The Morgan fingerprint density at radius 3 is 2.50 bits per heavy atom. The van der Waals surface area contributed by atoms with Gasteiger partial charge in [-0.3, -0.25) is 4.79 Å². The maximum Gasteiger partial charge on any atom is 0.348 e. The van der Waals surface area contributed by atoms with Crippen LogP contribution < -0.4 is 0 Å². The van der Waals surface area contributed by atoms with Crippen LogP contribution in [-0.2, 0) is 14.3 Å². The van der Waals surface area contributed by atoms with E-state index >= 15 is 0 Å². The molecule has 8 heavy (non-hydrogen) atoms. The predicted molar refractivity (Wildman–Crippen MR) is 22.6 cm³/mol. The number of carbonyl (C=O) groups excluding carboxylic acids is 2. The van der Waals surface area contributed by atoms with Crippen LogP contribution in [0.15, 0.2) is 0 Å². The molecule has 0 heterocycles. The molecule has 0 bridgehead atoms. The normalized spacial score (nSPS) is 12.2. The number of hydrogen-bond donors (Lipinski definition) is 0. The molecule has 4 heteroatoms. The van der Waals surface area contributed by atoms with Gasteiger partial charge in [-0.25, -0.2) is 9.18 Å². The summed E-state index contributed by atoms with van der Waals surface area (Å²) in [7, 11) is 0.992. The van der Waals surface area contributed by atoms with E-state index in [1.807, 2.05) is 0 Å². The molecule has 1 atom stereocenters. The van der Waals surface area contributed by atoms with Crippen LogP contribution in [0.5, 0.6) is 0 Å². The molecule has 45 valence electrons. The molecule has 0 amide bonds. The number of methoxy groups -OCH3 is 1. The third-order valence-corrected chi connectivity index (χ3v) is 0.512. The van der Waals surface area contributed by atoms with Crippen molar-refractivity contribution in [1.82, 2.24) is 0 Å².